The number of aliphatic hydroxyl groups excluding tert-OH is 1. The predicted molar refractivity (Wildman–Crippen MR) is 110 cm³/mol. The van der Waals surface area contributed by atoms with Crippen LogP contribution in [0.25, 0.3) is 11.3 Å². The topological polar surface area (TPSA) is 70.1 Å². The Hall–Kier alpha value is -2.65. The van der Waals surface area contributed by atoms with Crippen LogP contribution in [-0.4, -0.2) is 27.7 Å². The van der Waals surface area contributed by atoms with E-state index < -0.39 is 11.7 Å². The van der Waals surface area contributed by atoms with Crippen molar-refractivity contribution in [1.82, 2.24) is 9.97 Å². The lowest BCUT2D eigenvalue weighted by molar-refractivity contribution is -0.138. The molecule has 5 nitrogen and oxygen atoms in total. The Morgan fingerprint density at radius 3 is 2.45 bits per heavy atom. The summed E-state index contributed by atoms with van der Waals surface area (Å²) in [5, 5.41) is 15.2. The second-order valence-electron chi connectivity index (χ2n) is 6.37. The zero-order chi connectivity index (χ0) is 21.0. The lowest BCUT2D eigenvalue weighted by atomic mass is 10.1. The first-order valence-corrected chi connectivity index (χ1v) is 9.51. The van der Waals surface area contributed by atoms with Gasteiger partial charge in [0, 0.05) is 27.8 Å². The Balaban J connectivity index is 1.99. The molecule has 3 rings (SSSR count). The minimum atomic E-state index is -4.49. The molecule has 0 aliphatic carbocycles. The maximum absolute atomic E-state index is 13.2. The third kappa shape index (κ3) is 5.45. The molecule has 29 heavy (non-hydrogen) atoms. The SMILES string of the molecule is C[C@H](CO)Nc1nc(Nc2ccc(Br)c(C(F)(F)F)c2)cc(-c2ccccc2)n1. The number of aromatic nitrogens is 2. The fraction of sp³-hybridized carbons (Fsp3) is 0.200. The molecule has 1 heterocycles. The summed E-state index contributed by atoms with van der Waals surface area (Å²) in [5.41, 5.74) is 0.861. The average Bonchev–Trinajstić information content (AvgIpc) is 2.69. The van der Waals surface area contributed by atoms with E-state index in [0.717, 1.165) is 11.6 Å². The van der Waals surface area contributed by atoms with Crippen LogP contribution in [0.15, 0.2) is 59.1 Å². The molecule has 1 aromatic heterocycles. The van der Waals surface area contributed by atoms with E-state index in [1.165, 1.54) is 12.1 Å². The molecule has 3 N–H and O–H groups in total. The molecule has 0 aliphatic rings. The summed E-state index contributed by atoms with van der Waals surface area (Å²) in [6, 6.07) is 14.5. The van der Waals surface area contributed by atoms with Crippen molar-refractivity contribution >= 4 is 33.4 Å². The van der Waals surface area contributed by atoms with Gasteiger partial charge >= 0.3 is 6.18 Å². The zero-order valence-electron chi connectivity index (χ0n) is 15.3. The lowest BCUT2D eigenvalue weighted by Crippen LogP contribution is -2.21. The van der Waals surface area contributed by atoms with Crippen molar-refractivity contribution in [1.29, 1.82) is 0 Å². The standard InChI is InChI=1S/C20H18BrF3N4O/c1-12(11-29)25-19-27-17(13-5-3-2-4-6-13)10-18(28-19)26-14-7-8-16(21)15(9-14)20(22,23)24/h2-10,12,29H,11H2,1H3,(H2,25,26,27,28)/t12-/m1/s1. The molecule has 9 heteroatoms. The van der Waals surface area contributed by atoms with Crippen LogP contribution in [-0.2, 0) is 6.18 Å². The van der Waals surface area contributed by atoms with Crippen LogP contribution < -0.4 is 10.6 Å². The van der Waals surface area contributed by atoms with Gasteiger partial charge in [-0.15, -0.1) is 0 Å². The van der Waals surface area contributed by atoms with Gasteiger partial charge in [0.15, 0.2) is 0 Å². The first-order valence-electron chi connectivity index (χ1n) is 8.72. The highest BCUT2D eigenvalue weighted by Crippen LogP contribution is 2.37. The number of alkyl halides is 3. The molecule has 3 aromatic rings. The molecule has 0 aliphatic heterocycles. The summed E-state index contributed by atoms with van der Waals surface area (Å²) in [7, 11) is 0. The van der Waals surface area contributed by atoms with Crippen LogP contribution >= 0.6 is 15.9 Å². The Bertz CT molecular complexity index is 983. The molecule has 0 saturated heterocycles. The van der Waals surface area contributed by atoms with Crippen LogP contribution in [0.3, 0.4) is 0 Å². The monoisotopic (exact) mass is 466 g/mol. The fourth-order valence-electron chi connectivity index (χ4n) is 2.57. The van der Waals surface area contributed by atoms with Crippen molar-refractivity contribution in [3.63, 3.8) is 0 Å². The summed E-state index contributed by atoms with van der Waals surface area (Å²) in [4.78, 5) is 8.76. The van der Waals surface area contributed by atoms with Crippen LogP contribution in [0.5, 0.6) is 0 Å². The van der Waals surface area contributed by atoms with Crippen molar-refractivity contribution in [3.8, 4) is 11.3 Å². The fourth-order valence-corrected chi connectivity index (χ4v) is 3.04. The normalized spacial score (nSPS) is 12.5. The number of aliphatic hydroxyl groups is 1. The van der Waals surface area contributed by atoms with E-state index >= 15 is 0 Å². The van der Waals surface area contributed by atoms with Crippen molar-refractivity contribution in [3.05, 3.63) is 64.6 Å². The maximum Gasteiger partial charge on any atom is 0.417 e. The van der Waals surface area contributed by atoms with E-state index in [-0.39, 0.29) is 28.8 Å². The number of halogens is 4. The van der Waals surface area contributed by atoms with E-state index in [1.807, 2.05) is 30.3 Å². The highest BCUT2D eigenvalue weighted by molar-refractivity contribution is 9.10. The molecule has 0 bridgehead atoms. The van der Waals surface area contributed by atoms with Gasteiger partial charge in [-0.3, -0.25) is 0 Å². The quantitative estimate of drug-likeness (QED) is 0.449. The minimum Gasteiger partial charge on any atom is -0.394 e. The van der Waals surface area contributed by atoms with Crippen LogP contribution in [0.2, 0.25) is 0 Å². The third-order valence-electron chi connectivity index (χ3n) is 3.99. The second-order valence-corrected chi connectivity index (χ2v) is 7.23. The van der Waals surface area contributed by atoms with Gasteiger partial charge < -0.3 is 15.7 Å². The molecule has 152 valence electrons. The van der Waals surface area contributed by atoms with Crippen molar-refractivity contribution in [2.75, 3.05) is 17.2 Å². The van der Waals surface area contributed by atoms with Crippen LogP contribution in [0.4, 0.5) is 30.6 Å². The van der Waals surface area contributed by atoms with E-state index in [4.69, 9.17) is 0 Å². The first kappa shape index (κ1) is 21.1. The summed E-state index contributed by atoms with van der Waals surface area (Å²) in [5.74, 6) is 0.575. The number of anilines is 3. The van der Waals surface area contributed by atoms with Gasteiger partial charge in [-0.25, -0.2) is 4.98 Å². The van der Waals surface area contributed by atoms with Gasteiger partial charge in [-0.1, -0.05) is 46.3 Å². The second kappa shape index (κ2) is 8.79. The molecule has 0 fully saturated rings. The number of hydrogen-bond acceptors (Lipinski definition) is 5. The van der Waals surface area contributed by atoms with Gasteiger partial charge in [0.05, 0.1) is 17.9 Å². The number of nitrogens with one attached hydrogen (secondary N) is 2. The van der Waals surface area contributed by atoms with E-state index in [0.29, 0.717) is 11.5 Å². The number of rotatable bonds is 6. The highest BCUT2D eigenvalue weighted by atomic mass is 79.9. The summed E-state index contributed by atoms with van der Waals surface area (Å²) in [6.45, 7) is 1.64. The van der Waals surface area contributed by atoms with Crippen LogP contribution in [0, 0.1) is 0 Å². The largest absolute Gasteiger partial charge is 0.417 e. The maximum atomic E-state index is 13.2. The molecule has 2 aromatic carbocycles. The molecule has 0 spiro atoms. The third-order valence-corrected chi connectivity index (χ3v) is 4.68. The van der Waals surface area contributed by atoms with Gasteiger partial charge in [0.25, 0.3) is 0 Å². The summed E-state index contributed by atoms with van der Waals surface area (Å²) in [6.07, 6.45) is -4.49. The molecule has 1 atom stereocenters. The van der Waals surface area contributed by atoms with Gasteiger partial charge in [-0.2, -0.15) is 18.2 Å². The molecule has 0 unspecified atom stereocenters. The van der Waals surface area contributed by atoms with Gasteiger partial charge in [0.1, 0.15) is 5.82 Å². The van der Waals surface area contributed by atoms with E-state index in [1.54, 1.807) is 13.0 Å². The Morgan fingerprint density at radius 1 is 1.07 bits per heavy atom. The Labute approximate surface area is 174 Å². The van der Waals surface area contributed by atoms with Crippen LogP contribution in [0.1, 0.15) is 12.5 Å². The van der Waals surface area contributed by atoms with Gasteiger partial charge in [-0.05, 0) is 25.1 Å². The first-order chi connectivity index (χ1) is 13.8. The molecule has 0 saturated carbocycles. The van der Waals surface area contributed by atoms with Crippen molar-refractivity contribution in [2.45, 2.75) is 19.1 Å². The smallest absolute Gasteiger partial charge is 0.394 e. The van der Waals surface area contributed by atoms with Crippen molar-refractivity contribution < 1.29 is 18.3 Å². The Morgan fingerprint density at radius 2 is 1.79 bits per heavy atom. The van der Waals surface area contributed by atoms with Crippen molar-refractivity contribution in [2.24, 2.45) is 0 Å². The number of benzene rings is 2. The highest BCUT2D eigenvalue weighted by Gasteiger charge is 2.33. The molecule has 0 amide bonds. The Kier molecular flexibility index (Phi) is 6.39. The van der Waals surface area contributed by atoms with E-state index in [2.05, 4.69) is 36.5 Å². The summed E-state index contributed by atoms with van der Waals surface area (Å²) < 4.78 is 39.5. The molecular formula is C20H18BrF3N4O. The predicted octanol–water partition coefficient (Wildman–Crippen LogP) is 5.46. The minimum absolute atomic E-state index is 0.0395. The summed E-state index contributed by atoms with van der Waals surface area (Å²) >= 11 is 2.93. The molecule has 0 radical (unpaired) electrons. The van der Waals surface area contributed by atoms with Gasteiger partial charge in [0.2, 0.25) is 5.95 Å². The van der Waals surface area contributed by atoms with E-state index in [9.17, 15) is 18.3 Å². The number of hydrogen-bond donors (Lipinski definition) is 3. The average molecular weight is 467 g/mol. The zero-order valence-corrected chi connectivity index (χ0v) is 16.9. The number of nitrogens with zero attached hydrogens (tertiary/aromatic N) is 2. The molecular weight excluding hydrogens is 449 g/mol. The lowest BCUT2D eigenvalue weighted by Gasteiger charge is -2.15.